The number of fused-ring (bicyclic) bond motifs is 1. The van der Waals surface area contributed by atoms with Crippen molar-refractivity contribution in [2.24, 2.45) is 5.92 Å². The molecule has 1 aromatic rings. The lowest BCUT2D eigenvalue weighted by molar-refractivity contribution is -0.179. The third-order valence-corrected chi connectivity index (χ3v) is 3.29. The first-order valence-electron chi connectivity index (χ1n) is 7.01. The van der Waals surface area contributed by atoms with E-state index in [-0.39, 0.29) is 25.9 Å². The maximum atomic E-state index is 12.7. The third kappa shape index (κ3) is 4.11. The molecule has 0 aliphatic carbocycles. The van der Waals surface area contributed by atoms with E-state index in [0.29, 0.717) is 11.6 Å². The van der Waals surface area contributed by atoms with Crippen molar-refractivity contribution in [2.75, 3.05) is 0 Å². The molecule has 0 saturated heterocycles. The number of hydrogen-bond acceptors (Lipinski definition) is 4. The Morgan fingerprint density at radius 1 is 1.36 bits per heavy atom. The van der Waals surface area contributed by atoms with Gasteiger partial charge in [-0.15, -0.1) is 10.2 Å². The van der Waals surface area contributed by atoms with Gasteiger partial charge in [-0.3, -0.25) is 0 Å². The minimum atomic E-state index is -4.22. The van der Waals surface area contributed by atoms with Crippen molar-refractivity contribution in [1.82, 2.24) is 20.1 Å². The second kappa shape index (κ2) is 5.77. The standard InChI is InChI=1S/C13H19F3N4O2/c1-12(2,3)22-11(21)17-7-10-19-18-9-6-8(13(14,15)16)4-5-20(9)10/h8H,4-7H2,1-3H3,(H,17,21)/t8-/m0/s1. The number of carbonyl (C=O) groups is 1. The van der Waals surface area contributed by atoms with Crippen molar-refractivity contribution in [3.63, 3.8) is 0 Å². The van der Waals surface area contributed by atoms with Crippen molar-refractivity contribution >= 4 is 6.09 Å². The van der Waals surface area contributed by atoms with Crippen LogP contribution < -0.4 is 5.32 Å². The summed E-state index contributed by atoms with van der Waals surface area (Å²) in [5.41, 5.74) is -0.617. The van der Waals surface area contributed by atoms with E-state index in [1.54, 1.807) is 25.3 Å². The molecule has 0 unspecified atom stereocenters. The molecule has 1 amide bonds. The van der Waals surface area contributed by atoms with Gasteiger partial charge in [0, 0.05) is 13.0 Å². The second-order valence-electron chi connectivity index (χ2n) is 6.27. The molecule has 0 radical (unpaired) electrons. The van der Waals surface area contributed by atoms with Crippen LogP contribution in [-0.2, 0) is 24.2 Å². The first-order valence-corrected chi connectivity index (χ1v) is 7.01. The molecule has 9 heteroatoms. The van der Waals surface area contributed by atoms with Gasteiger partial charge in [-0.05, 0) is 27.2 Å². The van der Waals surface area contributed by atoms with Gasteiger partial charge in [0.15, 0.2) is 5.82 Å². The Bertz CT molecular complexity index is 548. The predicted octanol–water partition coefficient (Wildman–Crippen LogP) is 2.43. The molecule has 22 heavy (non-hydrogen) atoms. The minimum Gasteiger partial charge on any atom is -0.444 e. The summed E-state index contributed by atoms with van der Waals surface area (Å²) in [7, 11) is 0. The number of carbonyl (C=O) groups excluding carboxylic acids is 1. The maximum absolute atomic E-state index is 12.7. The van der Waals surface area contributed by atoms with Crippen LogP contribution in [-0.4, -0.2) is 32.6 Å². The van der Waals surface area contributed by atoms with Gasteiger partial charge in [0.05, 0.1) is 12.5 Å². The molecule has 0 spiro atoms. The molecule has 0 fully saturated rings. The van der Waals surface area contributed by atoms with Crippen molar-refractivity contribution < 1.29 is 22.7 Å². The predicted molar refractivity (Wildman–Crippen MR) is 71.0 cm³/mol. The van der Waals surface area contributed by atoms with Crippen molar-refractivity contribution in [1.29, 1.82) is 0 Å². The fourth-order valence-electron chi connectivity index (χ4n) is 2.26. The van der Waals surface area contributed by atoms with Crippen LogP contribution in [0.5, 0.6) is 0 Å². The Hall–Kier alpha value is -1.80. The summed E-state index contributed by atoms with van der Waals surface area (Å²) in [6.07, 6.45) is -5.00. The molecule has 1 N–H and O–H groups in total. The molecule has 1 aliphatic rings. The lowest BCUT2D eigenvalue weighted by Crippen LogP contribution is -2.34. The first-order chi connectivity index (χ1) is 10.1. The van der Waals surface area contributed by atoms with E-state index in [2.05, 4.69) is 15.5 Å². The summed E-state index contributed by atoms with van der Waals surface area (Å²) in [5.74, 6) is -0.646. The van der Waals surface area contributed by atoms with Crippen LogP contribution in [0.4, 0.5) is 18.0 Å². The average Bonchev–Trinajstić information content (AvgIpc) is 2.75. The zero-order valence-corrected chi connectivity index (χ0v) is 12.7. The summed E-state index contributed by atoms with van der Waals surface area (Å²) in [5, 5.41) is 10.2. The zero-order chi connectivity index (χ0) is 16.5. The number of ether oxygens (including phenoxy) is 1. The first kappa shape index (κ1) is 16.6. The van der Waals surface area contributed by atoms with E-state index in [1.807, 2.05) is 0 Å². The number of nitrogens with one attached hydrogen (secondary N) is 1. The lowest BCUT2D eigenvalue weighted by atomic mass is 9.97. The van der Waals surface area contributed by atoms with Crippen molar-refractivity contribution in [3.8, 4) is 0 Å². The summed E-state index contributed by atoms with van der Waals surface area (Å²) in [6.45, 7) is 5.48. The molecule has 2 rings (SSSR count). The molecular weight excluding hydrogens is 301 g/mol. The molecule has 1 aromatic heterocycles. The molecule has 6 nitrogen and oxygen atoms in total. The topological polar surface area (TPSA) is 69.0 Å². The van der Waals surface area contributed by atoms with Crippen LogP contribution >= 0.6 is 0 Å². The van der Waals surface area contributed by atoms with Gasteiger partial charge >= 0.3 is 12.3 Å². The van der Waals surface area contributed by atoms with Gasteiger partial charge in [-0.2, -0.15) is 13.2 Å². The number of alkyl halides is 3. The SMILES string of the molecule is CC(C)(C)OC(=O)NCc1nnc2n1CC[C@H](C(F)(F)F)C2. The summed E-state index contributed by atoms with van der Waals surface area (Å²) < 4.78 is 44.9. The Balaban J connectivity index is 1.96. The Labute approximate surface area is 126 Å². The second-order valence-corrected chi connectivity index (χ2v) is 6.27. The zero-order valence-electron chi connectivity index (χ0n) is 12.7. The van der Waals surface area contributed by atoms with Gasteiger partial charge in [0.2, 0.25) is 0 Å². The molecule has 1 aliphatic heterocycles. The average molecular weight is 320 g/mol. The van der Waals surface area contributed by atoms with E-state index >= 15 is 0 Å². The highest BCUT2D eigenvalue weighted by Gasteiger charge is 2.42. The fraction of sp³-hybridized carbons (Fsp3) is 0.769. The number of hydrogen-bond donors (Lipinski definition) is 1. The number of halogens is 3. The van der Waals surface area contributed by atoms with Crippen LogP contribution in [0.3, 0.4) is 0 Å². The largest absolute Gasteiger partial charge is 0.444 e. The molecule has 0 saturated carbocycles. The highest BCUT2D eigenvalue weighted by atomic mass is 19.4. The summed E-state index contributed by atoms with van der Waals surface area (Å²) in [6, 6.07) is 0. The number of nitrogens with zero attached hydrogens (tertiary/aromatic N) is 3. The summed E-state index contributed by atoms with van der Waals surface area (Å²) in [4.78, 5) is 11.6. The third-order valence-electron chi connectivity index (χ3n) is 3.29. The normalized spacial score (nSPS) is 18.7. The van der Waals surface area contributed by atoms with Gasteiger partial charge in [0.1, 0.15) is 11.4 Å². The van der Waals surface area contributed by atoms with Crippen LogP contribution in [0.1, 0.15) is 38.8 Å². The molecule has 0 aromatic carbocycles. The van der Waals surface area contributed by atoms with Crippen LogP contribution in [0, 0.1) is 5.92 Å². The number of aromatic nitrogens is 3. The summed E-state index contributed by atoms with van der Waals surface area (Å²) >= 11 is 0. The minimum absolute atomic E-state index is 0.00597. The number of alkyl carbamates (subject to hydrolysis) is 1. The molecule has 0 bridgehead atoms. The molecular formula is C13H19F3N4O2. The highest BCUT2D eigenvalue weighted by molar-refractivity contribution is 5.67. The van der Waals surface area contributed by atoms with Crippen molar-refractivity contribution in [3.05, 3.63) is 11.6 Å². The Morgan fingerprint density at radius 2 is 2.05 bits per heavy atom. The Morgan fingerprint density at radius 3 is 2.64 bits per heavy atom. The van der Waals surface area contributed by atoms with E-state index in [9.17, 15) is 18.0 Å². The van der Waals surface area contributed by atoms with Crippen molar-refractivity contribution in [2.45, 2.75) is 58.5 Å². The monoisotopic (exact) mass is 320 g/mol. The van der Waals surface area contributed by atoms with Crippen LogP contribution in [0.25, 0.3) is 0 Å². The van der Waals surface area contributed by atoms with E-state index in [1.165, 1.54) is 0 Å². The van der Waals surface area contributed by atoms with Gasteiger partial charge in [-0.25, -0.2) is 4.79 Å². The van der Waals surface area contributed by atoms with Gasteiger partial charge in [0.25, 0.3) is 0 Å². The smallest absolute Gasteiger partial charge is 0.408 e. The van der Waals surface area contributed by atoms with Gasteiger partial charge in [-0.1, -0.05) is 0 Å². The molecule has 1 atom stereocenters. The fourth-order valence-corrected chi connectivity index (χ4v) is 2.26. The Kier molecular flexibility index (Phi) is 4.35. The quantitative estimate of drug-likeness (QED) is 0.908. The molecule has 2 heterocycles. The van der Waals surface area contributed by atoms with E-state index in [0.717, 1.165) is 0 Å². The molecule has 124 valence electrons. The van der Waals surface area contributed by atoms with E-state index < -0.39 is 23.8 Å². The lowest BCUT2D eigenvalue weighted by Gasteiger charge is -2.25. The number of rotatable bonds is 2. The number of amides is 1. The van der Waals surface area contributed by atoms with E-state index in [4.69, 9.17) is 4.74 Å². The highest BCUT2D eigenvalue weighted by Crippen LogP contribution is 2.34. The van der Waals surface area contributed by atoms with Crippen LogP contribution in [0.2, 0.25) is 0 Å². The van der Waals surface area contributed by atoms with Crippen LogP contribution in [0.15, 0.2) is 0 Å². The maximum Gasteiger partial charge on any atom is 0.408 e. The van der Waals surface area contributed by atoms with Gasteiger partial charge < -0.3 is 14.6 Å².